The Hall–Kier alpha value is -1.88. The molecule has 2 aromatic rings. The highest BCUT2D eigenvalue weighted by atomic mass is 35.5. The van der Waals surface area contributed by atoms with Crippen LogP contribution in [0.4, 0.5) is 0 Å². The molecule has 2 rings (SSSR count). The summed E-state index contributed by atoms with van der Waals surface area (Å²) in [6.45, 7) is 2.63. The molecule has 0 fully saturated rings. The second kappa shape index (κ2) is 8.67. The van der Waals surface area contributed by atoms with Crippen molar-refractivity contribution in [2.45, 2.75) is 39.0 Å². The minimum atomic E-state index is -0.169. The minimum absolute atomic E-state index is 0.169. The first kappa shape index (κ1) is 17.5. The van der Waals surface area contributed by atoms with Crippen LogP contribution in [0, 0.1) is 0 Å². The van der Waals surface area contributed by atoms with Gasteiger partial charge in [0.2, 0.25) is 0 Å². The molecule has 0 amide bonds. The fourth-order valence-corrected chi connectivity index (χ4v) is 2.37. The molecule has 0 aliphatic heterocycles. The zero-order valence-corrected chi connectivity index (χ0v) is 14.3. The monoisotopic (exact) mass is 335 g/mol. The molecule has 0 saturated carbocycles. The van der Waals surface area contributed by atoms with Gasteiger partial charge in [-0.1, -0.05) is 31.4 Å². The lowest BCUT2D eigenvalue weighted by atomic mass is 10.2. The van der Waals surface area contributed by atoms with Gasteiger partial charge in [0.25, 0.3) is 0 Å². The molecule has 2 heterocycles. The minimum Gasteiger partial charge on any atom is -0.466 e. The molecule has 6 heteroatoms. The van der Waals surface area contributed by atoms with Crippen LogP contribution in [0.2, 0.25) is 5.02 Å². The lowest BCUT2D eigenvalue weighted by Crippen LogP contribution is -2.07. The quantitative estimate of drug-likeness (QED) is 0.544. The van der Waals surface area contributed by atoms with Gasteiger partial charge in [0.1, 0.15) is 0 Å². The Kier molecular flexibility index (Phi) is 6.59. The number of carbonyl (C=O) groups is 1. The Labute approximate surface area is 141 Å². The largest absolute Gasteiger partial charge is 0.466 e. The van der Waals surface area contributed by atoms with E-state index < -0.39 is 0 Å². The molecule has 23 heavy (non-hydrogen) atoms. The average Bonchev–Trinajstić information content (AvgIpc) is 2.91. The zero-order chi connectivity index (χ0) is 16.7. The molecular weight excluding hydrogens is 314 g/mol. The summed E-state index contributed by atoms with van der Waals surface area (Å²) in [6, 6.07) is 5.59. The fraction of sp³-hybridized carbons (Fsp3) is 0.471. The Morgan fingerprint density at radius 3 is 2.87 bits per heavy atom. The van der Waals surface area contributed by atoms with Crippen molar-refractivity contribution >= 4 is 17.6 Å². The van der Waals surface area contributed by atoms with Crippen LogP contribution < -0.4 is 0 Å². The Morgan fingerprint density at radius 1 is 1.35 bits per heavy atom. The van der Waals surface area contributed by atoms with E-state index >= 15 is 0 Å². The van der Waals surface area contributed by atoms with Crippen molar-refractivity contribution in [1.29, 1.82) is 0 Å². The molecule has 0 radical (unpaired) electrons. The number of pyridine rings is 1. The summed E-state index contributed by atoms with van der Waals surface area (Å²) in [4.78, 5) is 16.0. The maximum atomic E-state index is 11.7. The van der Waals surface area contributed by atoms with Gasteiger partial charge in [-0.3, -0.25) is 14.5 Å². The standard InChI is InChI=1S/C17H22ClN3O2/c1-3-4-5-10-23-17(22)9-7-14-11-16(21(2)20-14)15-8-6-13(18)12-19-15/h6,8,11-12H,3-5,7,9-10H2,1-2H3. The summed E-state index contributed by atoms with van der Waals surface area (Å²) in [5.41, 5.74) is 2.55. The van der Waals surface area contributed by atoms with E-state index in [1.165, 1.54) is 0 Å². The number of esters is 1. The molecule has 0 N–H and O–H groups in total. The molecule has 124 valence electrons. The van der Waals surface area contributed by atoms with Crippen molar-refractivity contribution in [3.63, 3.8) is 0 Å². The van der Waals surface area contributed by atoms with E-state index in [0.717, 1.165) is 36.3 Å². The molecule has 0 aromatic carbocycles. The van der Waals surface area contributed by atoms with Crippen LogP contribution in [0.25, 0.3) is 11.4 Å². The Bertz CT molecular complexity index is 638. The smallest absolute Gasteiger partial charge is 0.306 e. The lowest BCUT2D eigenvalue weighted by Gasteiger charge is -2.02. The van der Waals surface area contributed by atoms with Crippen LogP contribution in [0.3, 0.4) is 0 Å². The van der Waals surface area contributed by atoms with Crippen molar-refractivity contribution in [3.8, 4) is 11.4 Å². The van der Waals surface area contributed by atoms with Crippen molar-refractivity contribution in [2.24, 2.45) is 7.05 Å². The number of halogens is 1. The molecule has 5 nitrogen and oxygen atoms in total. The third kappa shape index (κ3) is 5.36. The number of ether oxygens (including phenoxy) is 1. The second-order valence-electron chi connectivity index (χ2n) is 5.43. The first-order valence-corrected chi connectivity index (χ1v) is 8.28. The number of carbonyl (C=O) groups excluding carboxylic acids is 1. The number of aryl methyl sites for hydroxylation is 2. The van der Waals surface area contributed by atoms with Gasteiger partial charge in [-0.25, -0.2) is 0 Å². The number of hydrogen-bond donors (Lipinski definition) is 0. The number of hydrogen-bond acceptors (Lipinski definition) is 4. The highest BCUT2D eigenvalue weighted by Gasteiger charge is 2.11. The average molecular weight is 336 g/mol. The van der Waals surface area contributed by atoms with Crippen molar-refractivity contribution in [3.05, 3.63) is 35.1 Å². The van der Waals surface area contributed by atoms with Crippen molar-refractivity contribution in [2.75, 3.05) is 6.61 Å². The third-order valence-corrected chi connectivity index (χ3v) is 3.74. The predicted molar refractivity (Wildman–Crippen MR) is 90.3 cm³/mol. The number of rotatable bonds is 8. The van der Waals surface area contributed by atoms with Crippen LogP contribution in [-0.2, 0) is 23.0 Å². The first-order chi connectivity index (χ1) is 11.1. The molecule has 0 unspecified atom stereocenters. The summed E-state index contributed by atoms with van der Waals surface area (Å²) >= 11 is 5.85. The van der Waals surface area contributed by atoms with Crippen LogP contribution in [-0.4, -0.2) is 27.3 Å². The zero-order valence-electron chi connectivity index (χ0n) is 13.6. The van der Waals surface area contributed by atoms with Gasteiger partial charge in [-0.2, -0.15) is 5.10 Å². The van der Waals surface area contributed by atoms with E-state index in [0.29, 0.717) is 24.5 Å². The van der Waals surface area contributed by atoms with Crippen LogP contribution in [0.5, 0.6) is 0 Å². The van der Waals surface area contributed by atoms with E-state index in [-0.39, 0.29) is 5.97 Å². The highest BCUT2D eigenvalue weighted by molar-refractivity contribution is 6.30. The van der Waals surface area contributed by atoms with Crippen LogP contribution in [0.15, 0.2) is 24.4 Å². The number of unbranched alkanes of at least 4 members (excludes halogenated alkanes) is 2. The van der Waals surface area contributed by atoms with Gasteiger partial charge in [0.05, 0.1) is 35.1 Å². The van der Waals surface area contributed by atoms with E-state index in [4.69, 9.17) is 16.3 Å². The molecule has 0 bridgehead atoms. The van der Waals surface area contributed by atoms with Crippen molar-refractivity contribution < 1.29 is 9.53 Å². The fourth-order valence-electron chi connectivity index (χ4n) is 2.26. The topological polar surface area (TPSA) is 57.0 Å². The molecular formula is C17H22ClN3O2. The Balaban J connectivity index is 1.88. The third-order valence-electron chi connectivity index (χ3n) is 3.52. The summed E-state index contributed by atoms with van der Waals surface area (Å²) in [5.74, 6) is -0.169. The van der Waals surface area contributed by atoms with Gasteiger partial charge < -0.3 is 4.74 Å². The lowest BCUT2D eigenvalue weighted by molar-refractivity contribution is -0.143. The second-order valence-corrected chi connectivity index (χ2v) is 5.87. The van der Waals surface area contributed by atoms with Gasteiger partial charge in [0.15, 0.2) is 0 Å². The Morgan fingerprint density at radius 2 is 2.17 bits per heavy atom. The molecule has 0 saturated heterocycles. The highest BCUT2D eigenvalue weighted by Crippen LogP contribution is 2.19. The van der Waals surface area contributed by atoms with Crippen molar-refractivity contribution in [1.82, 2.24) is 14.8 Å². The normalized spacial score (nSPS) is 10.7. The summed E-state index contributed by atoms with van der Waals surface area (Å²) in [7, 11) is 1.86. The van der Waals surface area contributed by atoms with Crippen LogP contribution in [0.1, 0.15) is 38.3 Å². The molecule has 2 aromatic heterocycles. The van der Waals surface area contributed by atoms with Crippen LogP contribution >= 0.6 is 11.6 Å². The van der Waals surface area contributed by atoms with Gasteiger partial charge in [-0.05, 0) is 24.6 Å². The summed E-state index contributed by atoms with van der Waals surface area (Å²) in [5, 5.41) is 5.03. The number of aromatic nitrogens is 3. The maximum absolute atomic E-state index is 11.7. The van der Waals surface area contributed by atoms with Gasteiger partial charge >= 0.3 is 5.97 Å². The van der Waals surface area contributed by atoms with Gasteiger partial charge in [0, 0.05) is 19.7 Å². The molecule has 0 atom stereocenters. The SMILES string of the molecule is CCCCCOC(=O)CCc1cc(-c2ccc(Cl)cn2)n(C)n1. The predicted octanol–water partition coefficient (Wildman–Crippen LogP) is 3.80. The van der Waals surface area contributed by atoms with E-state index in [1.54, 1.807) is 16.9 Å². The maximum Gasteiger partial charge on any atom is 0.306 e. The van der Waals surface area contributed by atoms with E-state index in [1.807, 2.05) is 19.2 Å². The molecule has 0 aliphatic rings. The number of nitrogens with zero attached hydrogens (tertiary/aromatic N) is 3. The summed E-state index contributed by atoms with van der Waals surface area (Å²) in [6.07, 6.45) is 5.65. The molecule has 0 aliphatic carbocycles. The van der Waals surface area contributed by atoms with E-state index in [9.17, 15) is 4.79 Å². The first-order valence-electron chi connectivity index (χ1n) is 7.90. The molecule has 0 spiro atoms. The summed E-state index contributed by atoms with van der Waals surface area (Å²) < 4.78 is 6.96. The van der Waals surface area contributed by atoms with Gasteiger partial charge in [-0.15, -0.1) is 0 Å². The van der Waals surface area contributed by atoms with E-state index in [2.05, 4.69) is 17.0 Å².